The van der Waals surface area contributed by atoms with Crippen molar-refractivity contribution >= 4 is 40.7 Å². The molecule has 0 spiro atoms. The van der Waals surface area contributed by atoms with Crippen LogP contribution in [-0.4, -0.2) is 31.7 Å². The second-order valence-corrected chi connectivity index (χ2v) is 9.29. The maximum atomic E-state index is 12.8. The first-order chi connectivity index (χ1) is 15.2. The zero-order valence-electron chi connectivity index (χ0n) is 18.3. The summed E-state index contributed by atoms with van der Waals surface area (Å²) in [6.45, 7) is 5.74. The summed E-state index contributed by atoms with van der Waals surface area (Å²) in [5, 5.41) is 12.1. The molecular formula is C23H25ClN4O3S. The van der Waals surface area contributed by atoms with Crippen molar-refractivity contribution in [1.29, 1.82) is 0 Å². The van der Waals surface area contributed by atoms with Gasteiger partial charge in [-0.1, -0.05) is 37.2 Å². The van der Waals surface area contributed by atoms with E-state index in [1.54, 1.807) is 48.5 Å². The number of aromatic nitrogens is 3. The number of rotatable bonds is 9. The van der Waals surface area contributed by atoms with Gasteiger partial charge in [-0.2, -0.15) is 0 Å². The predicted molar refractivity (Wildman–Crippen MR) is 126 cm³/mol. The summed E-state index contributed by atoms with van der Waals surface area (Å²) >= 11 is 7.22. The number of nitrogens with zero attached hydrogens (tertiary/aromatic N) is 3. The minimum Gasteiger partial charge on any atom is -0.486 e. The number of anilines is 1. The topological polar surface area (TPSA) is 86.1 Å². The van der Waals surface area contributed by atoms with E-state index in [0.29, 0.717) is 33.0 Å². The Balaban J connectivity index is 1.59. The van der Waals surface area contributed by atoms with Crippen molar-refractivity contribution in [2.45, 2.75) is 37.8 Å². The Morgan fingerprint density at radius 3 is 2.34 bits per heavy atom. The fraction of sp³-hybridized carbons (Fsp3) is 0.304. The van der Waals surface area contributed by atoms with Gasteiger partial charge in [0.2, 0.25) is 5.91 Å². The molecular weight excluding hydrogens is 448 g/mol. The van der Waals surface area contributed by atoms with E-state index >= 15 is 0 Å². The molecule has 0 aliphatic heterocycles. The second kappa shape index (κ2) is 10.7. The molecule has 1 amide bonds. The minimum absolute atomic E-state index is 0.0290. The van der Waals surface area contributed by atoms with Crippen LogP contribution in [0.4, 0.5) is 5.69 Å². The van der Waals surface area contributed by atoms with Gasteiger partial charge in [-0.25, -0.2) is 0 Å². The highest BCUT2D eigenvalue weighted by molar-refractivity contribution is 8.00. The molecule has 32 heavy (non-hydrogen) atoms. The molecule has 0 aliphatic carbocycles. The molecule has 2 aromatic carbocycles. The van der Waals surface area contributed by atoms with Crippen LogP contribution in [0.1, 0.15) is 37.0 Å². The lowest BCUT2D eigenvalue weighted by molar-refractivity contribution is -0.118. The largest absolute Gasteiger partial charge is 0.486 e. The molecule has 9 heteroatoms. The van der Waals surface area contributed by atoms with Gasteiger partial charge in [0, 0.05) is 29.2 Å². The Morgan fingerprint density at radius 1 is 1.06 bits per heavy atom. The zero-order chi connectivity index (χ0) is 23.3. The van der Waals surface area contributed by atoms with Gasteiger partial charge < -0.3 is 14.6 Å². The Bertz CT molecular complexity index is 1080. The van der Waals surface area contributed by atoms with Gasteiger partial charge >= 0.3 is 0 Å². The number of thioether (sulfide) groups is 1. The minimum atomic E-state index is -0.362. The van der Waals surface area contributed by atoms with E-state index in [4.69, 9.17) is 16.3 Å². The third-order valence-corrected chi connectivity index (χ3v) is 6.11. The van der Waals surface area contributed by atoms with Crippen molar-refractivity contribution in [2.75, 3.05) is 5.32 Å². The first-order valence-electron chi connectivity index (χ1n) is 10.1. The van der Waals surface area contributed by atoms with Crippen LogP contribution >= 0.6 is 23.4 Å². The summed E-state index contributed by atoms with van der Waals surface area (Å²) in [6, 6.07) is 14.0. The highest BCUT2D eigenvalue weighted by Crippen LogP contribution is 2.25. The van der Waals surface area contributed by atoms with Crippen LogP contribution in [0.15, 0.2) is 53.7 Å². The van der Waals surface area contributed by atoms with Gasteiger partial charge in [0.25, 0.3) is 0 Å². The molecule has 0 radical (unpaired) electrons. The maximum Gasteiger partial charge on any atom is 0.226 e. The van der Waals surface area contributed by atoms with Gasteiger partial charge in [0.05, 0.1) is 5.25 Å². The van der Waals surface area contributed by atoms with Crippen molar-refractivity contribution in [3.63, 3.8) is 0 Å². The summed E-state index contributed by atoms with van der Waals surface area (Å²) in [4.78, 5) is 24.7. The van der Waals surface area contributed by atoms with Crippen LogP contribution < -0.4 is 10.1 Å². The third kappa shape index (κ3) is 6.11. The fourth-order valence-corrected chi connectivity index (χ4v) is 3.74. The quantitative estimate of drug-likeness (QED) is 0.348. The lowest BCUT2D eigenvalue weighted by atomic mass is 10.1. The highest BCUT2D eigenvalue weighted by Gasteiger charge is 2.20. The fourth-order valence-electron chi connectivity index (χ4n) is 2.70. The zero-order valence-corrected chi connectivity index (χ0v) is 19.9. The van der Waals surface area contributed by atoms with Crippen molar-refractivity contribution < 1.29 is 14.3 Å². The number of benzene rings is 2. The Morgan fingerprint density at radius 2 is 1.72 bits per heavy atom. The lowest BCUT2D eigenvalue weighted by Crippen LogP contribution is -2.18. The first-order valence-corrected chi connectivity index (χ1v) is 11.4. The van der Waals surface area contributed by atoms with Crippen LogP contribution in [0.2, 0.25) is 5.02 Å². The predicted octanol–water partition coefficient (Wildman–Crippen LogP) is 5.01. The smallest absolute Gasteiger partial charge is 0.226 e. The van der Waals surface area contributed by atoms with Crippen LogP contribution in [0.5, 0.6) is 5.75 Å². The Kier molecular flexibility index (Phi) is 7.93. The molecule has 0 fully saturated rings. The number of hydrogen-bond donors (Lipinski definition) is 1. The van der Waals surface area contributed by atoms with E-state index < -0.39 is 0 Å². The van der Waals surface area contributed by atoms with Crippen LogP contribution in [-0.2, 0) is 18.4 Å². The van der Waals surface area contributed by atoms with E-state index in [9.17, 15) is 9.59 Å². The number of hydrogen-bond acceptors (Lipinski definition) is 6. The molecule has 1 N–H and O–H groups in total. The number of carbonyl (C=O) groups is 2. The van der Waals surface area contributed by atoms with Gasteiger partial charge in [0.1, 0.15) is 12.4 Å². The van der Waals surface area contributed by atoms with Crippen molar-refractivity contribution in [2.24, 2.45) is 13.0 Å². The van der Waals surface area contributed by atoms with E-state index in [1.807, 2.05) is 32.4 Å². The summed E-state index contributed by atoms with van der Waals surface area (Å²) in [6.07, 6.45) is 0. The number of ether oxygens (including phenoxy) is 1. The number of Topliss-reactive ketones (excluding diaryl/α,β-unsaturated/α-hetero) is 1. The average molecular weight is 473 g/mol. The molecule has 1 atom stereocenters. The van der Waals surface area contributed by atoms with Gasteiger partial charge in [-0.3, -0.25) is 9.59 Å². The van der Waals surface area contributed by atoms with Crippen molar-refractivity contribution in [1.82, 2.24) is 14.8 Å². The van der Waals surface area contributed by atoms with Crippen molar-refractivity contribution in [3.05, 3.63) is 64.9 Å². The highest BCUT2D eigenvalue weighted by atomic mass is 35.5. The summed E-state index contributed by atoms with van der Waals surface area (Å²) in [5.74, 6) is 1.13. The van der Waals surface area contributed by atoms with Gasteiger partial charge in [-0.05, 0) is 55.5 Å². The van der Waals surface area contributed by atoms with Gasteiger partial charge in [0.15, 0.2) is 16.8 Å². The Labute approximate surface area is 196 Å². The average Bonchev–Trinajstić information content (AvgIpc) is 3.12. The number of amides is 1. The third-order valence-electron chi connectivity index (χ3n) is 4.72. The monoisotopic (exact) mass is 472 g/mol. The molecule has 0 aliphatic rings. The molecule has 1 heterocycles. The molecule has 7 nitrogen and oxygen atoms in total. The Hall–Kier alpha value is -2.84. The molecule has 1 aromatic heterocycles. The normalized spacial score (nSPS) is 11.9. The summed E-state index contributed by atoms with van der Waals surface area (Å²) in [5.41, 5.74) is 1.24. The molecule has 0 saturated heterocycles. The molecule has 0 bridgehead atoms. The maximum absolute atomic E-state index is 12.8. The van der Waals surface area contributed by atoms with Crippen LogP contribution in [0, 0.1) is 5.92 Å². The van der Waals surface area contributed by atoms with Crippen molar-refractivity contribution in [3.8, 4) is 5.75 Å². The van der Waals surface area contributed by atoms with Crippen LogP contribution in [0.3, 0.4) is 0 Å². The SMILES string of the molecule is CC(C)C(=O)Nc1ccc(C(=O)[C@@H](C)Sc2nnc(COc3ccc(Cl)cc3)n2C)cc1. The van der Waals surface area contributed by atoms with E-state index in [0.717, 1.165) is 0 Å². The second-order valence-electron chi connectivity index (χ2n) is 7.55. The first kappa shape index (κ1) is 23.8. The number of halogens is 1. The van der Waals surface area contributed by atoms with E-state index in [2.05, 4.69) is 15.5 Å². The van der Waals surface area contributed by atoms with Crippen LogP contribution in [0.25, 0.3) is 0 Å². The summed E-state index contributed by atoms with van der Waals surface area (Å²) < 4.78 is 7.54. The van der Waals surface area contributed by atoms with E-state index in [-0.39, 0.29) is 29.5 Å². The molecule has 3 aromatic rings. The lowest BCUT2D eigenvalue weighted by Gasteiger charge is -2.12. The standard InChI is InChI=1S/C23H25ClN4O3S/c1-14(2)22(30)25-18-9-5-16(6-10-18)21(29)15(3)32-23-27-26-20(28(23)4)13-31-19-11-7-17(24)8-12-19/h5-12,14-15H,13H2,1-4H3,(H,25,30)/t15-/m1/s1. The molecule has 0 unspecified atom stereocenters. The van der Waals surface area contributed by atoms with Gasteiger partial charge in [-0.15, -0.1) is 10.2 Å². The number of carbonyl (C=O) groups excluding carboxylic acids is 2. The van der Waals surface area contributed by atoms with E-state index in [1.165, 1.54) is 11.8 Å². The number of nitrogens with one attached hydrogen (secondary N) is 1. The molecule has 0 saturated carbocycles. The molecule has 3 rings (SSSR count). The molecule has 168 valence electrons. The number of ketones is 1. The summed E-state index contributed by atoms with van der Waals surface area (Å²) in [7, 11) is 1.84.